The highest BCUT2D eigenvalue weighted by Crippen LogP contribution is 2.25. The largest absolute Gasteiger partial charge is 0.370 e. The van der Waals surface area contributed by atoms with Crippen LogP contribution in [0, 0.1) is 18.3 Å². The van der Waals surface area contributed by atoms with Crippen LogP contribution in [0.4, 0.5) is 5.82 Å². The predicted molar refractivity (Wildman–Crippen MR) is 134 cm³/mol. The summed E-state index contributed by atoms with van der Waals surface area (Å²) in [6, 6.07) is 20.6. The van der Waals surface area contributed by atoms with Gasteiger partial charge in [0.05, 0.1) is 23.5 Å². The third-order valence-electron chi connectivity index (χ3n) is 5.73. The number of nitrogens with zero attached hydrogens (tertiary/aromatic N) is 4. The van der Waals surface area contributed by atoms with Crippen LogP contribution < -0.4 is 10.6 Å². The van der Waals surface area contributed by atoms with E-state index < -0.39 is 0 Å². The molecule has 0 bridgehead atoms. The number of nitriles is 1. The Hall–Kier alpha value is -3.22. The van der Waals surface area contributed by atoms with Crippen molar-refractivity contribution in [3.63, 3.8) is 0 Å². The van der Waals surface area contributed by atoms with Gasteiger partial charge in [0.1, 0.15) is 5.82 Å². The summed E-state index contributed by atoms with van der Waals surface area (Å²) in [4.78, 5) is 4.95. The number of unbranched alkanes of at least 4 members (excludes halogenated alkanes) is 2. The Kier molecular flexibility index (Phi) is 7.14. The fourth-order valence-electron chi connectivity index (χ4n) is 3.94. The quantitative estimate of drug-likeness (QED) is 0.281. The molecular formula is C26H28N5P. The Bertz CT molecular complexity index is 1250. The van der Waals surface area contributed by atoms with Crippen molar-refractivity contribution in [2.75, 3.05) is 18.5 Å². The standard InChI is InChI=1S/C26H28N5P/c1-19-10-5-8-14-22(19)23-16-25(31-26(30-23)24(32-2)18-29-31)28-15-9-3-4-11-20-12-6-7-13-21(20)17-27/h5-8,10,12-14,16,18,28,32H,3-4,9,11,15H2,1-2H3. The second kappa shape index (κ2) is 10.4. The number of benzene rings is 2. The number of aromatic nitrogens is 3. The fourth-order valence-corrected chi connectivity index (χ4v) is 4.52. The monoisotopic (exact) mass is 441 g/mol. The first-order valence-electron chi connectivity index (χ1n) is 11.1. The molecule has 0 aliphatic heterocycles. The first kappa shape index (κ1) is 22.0. The van der Waals surface area contributed by atoms with Crippen molar-refractivity contribution >= 4 is 25.4 Å². The predicted octanol–water partition coefficient (Wildman–Crippen LogP) is 5.33. The fraction of sp³-hybridized carbons (Fsp3) is 0.269. The van der Waals surface area contributed by atoms with Gasteiger partial charge >= 0.3 is 0 Å². The van der Waals surface area contributed by atoms with Crippen LogP contribution in [0.25, 0.3) is 16.9 Å². The summed E-state index contributed by atoms with van der Waals surface area (Å²) < 4.78 is 1.93. The summed E-state index contributed by atoms with van der Waals surface area (Å²) in [5, 5.41) is 18.6. The molecule has 2 heterocycles. The van der Waals surface area contributed by atoms with E-state index in [0.717, 1.165) is 66.1 Å². The zero-order valence-electron chi connectivity index (χ0n) is 18.6. The van der Waals surface area contributed by atoms with Crippen LogP contribution in [0.15, 0.2) is 60.8 Å². The summed E-state index contributed by atoms with van der Waals surface area (Å²) in [6.07, 6.45) is 6.11. The van der Waals surface area contributed by atoms with Gasteiger partial charge in [0.25, 0.3) is 0 Å². The zero-order chi connectivity index (χ0) is 22.3. The van der Waals surface area contributed by atoms with Crippen molar-refractivity contribution in [2.24, 2.45) is 0 Å². The second-order valence-corrected chi connectivity index (χ2v) is 8.93. The van der Waals surface area contributed by atoms with Crippen LogP contribution in [0.5, 0.6) is 0 Å². The lowest BCUT2D eigenvalue weighted by atomic mass is 10.0. The molecule has 0 radical (unpaired) electrons. The van der Waals surface area contributed by atoms with Gasteiger partial charge in [-0.05, 0) is 50.0 Å². The van der Waals surface area contributed by atoms with E-state index in [1.165, 1.54) is 10.9 Å². The molecule has 32 heavy (non-hydrogen) atoms. The number of hydrogen-bond donors (Lipinski definition) is 1. The molecule has 1 atom stereocenters. The summed E-state index contributed by atoms with van der Waals surface area (Å²) in [6.45, 7) is 5.16. The highest BCUT2D eigenvalue weighted by atomic mass is 31.1. The Morgan fingerprint density at radius 1 is 1.06 bits per heavy atom. The summed E-state index contributed by atoms with van der Waals surface area (Å²) >= 11 is 0. The van der Waals surface area contributed by atoms with Gasteiger partial charge in [0.2, 0.25) is 0 Å². The lowest BCUT2D eigenvalue weighted by molar-refractivity contribution is 0.695. The van der Waals surface area contributed by atoms with Gasteiger partial charge in [-0.2, -0.15) is 14.9 Å². The number of hydrogen-bond acceptors (Lipinski definition) is 4. The van der Waals surface area contributed by atoms with Gasteiger partial charge in [-0.1, -0.05) is 57.5 Å². The van der Waals surface area contributed by atoms with Crippen LogP contribution in [0.2, 0.25) is 0 Å². The van der Waals surface area contributed by atoms with Gasteiger partial charge in [-0.15, -0.1) is 0 Å². The molecule has 0 spiro atoms. The first-order valence-corrected chi connectivity index (χ1v) is 12.6. The van der Waals surface area contributed by atoms with E-state index in [-0.39, 0.29) is 0 Å². The number of anilines is 1. The maximum Gasteiger partial charge on any atom is 0.165 e. The minimum absolute atomic E-state index is 0.647. The lowest BCUT2D eigenvalue weighted by Gasteiger charge is -2.12. The molecule has 2 aromatic carbocycles. The molecule has 162 valence electrons. The van der Waals surface area contributed by atoms with E-state index in [1.807, 2.05) is 28.9 Å². The minimum atomic E-state index is 0.647. The third-order valence-corrected chi connectivity index (χ3v) is 6.62. The average molecular weight is 442 g/mol. The van der Waals surface area contributed by atoms with Gasteiger partial charge in [0.15, 0.2) is 5.65 Å². The molecule has 4 rings (SSSR count). The van der Waals surface area contributed by atoms with Crippen LogP contribution in [-0.4, -0.2) is 27.8 Å². The van der Waals surface area contributed by atoms with Crippen LogP contribution in [-0.2, 0) is 6.42 Å². The summed E-state index contributed by atoms with van der Waals surface area (Å²) in [5.74, 6) is 0.979. The molecule has 0 saturated carbocycles. The molecule has 1 N–H and O–H groups in total. The topological polar surface area (TPSA) is 66.0 Å². The van der Waals surface area contributed by atoms with Crippen molar-refractivity contribution in [2.45, 2.75) is 32.6 Å². The Morgan fingerprint density at radius 2 is 1.88 bits per heavy atom. The highest BCUT2D eigenvalue weighted by molar-refractivity contribution is 7.46. The van der Waals surface area contributed by atoms with E-state index in [4.69, 9.17) is 4.98 Å². The van der Waals surface area contributed by atoms with E-state index >= 15 is 0 Å². The average Bonchev–Trinajstić information content (AvgIpc) is 3.25. The molecule has 0 saturated heterocycles. The summed E-state index contributed by atoms with van der Waals surface area (Å²) in [5.41, 5.74) is 6.22. The van der Waals surface area contributed by atoms with E-state index in [9.17, 15) is 5.26 Å². The molecular weight excluding hydrogens is 413 g/mol. The lowest BCUT2D eigenvalue weighted by Crippen LogP contribution is -2.09. The minimum Gasteiger partial charge on any atom is -0.370 e. The van der Waals surface area contributed by atoms with Crippen LogP contribution in [0.1, 0.15) is 36.0 Å². The van der Waals surface area contributed by atoms with Crippen LogP contribution in [0.3, 0.4) is 0 Å². The molecule has 0 fully saturated rings. The van der Waals surface area contributed by atoms with E-state index in [0.29, 0.717) is 8.58 Å². The van der Waals surface area contributed by atoms with Crippen molar-refractivity contribution in [1.29, 1.82) is 5.26 Å². The molecule has 0 aliphatic carbocycles. The smallest absolute Gasteiger partial charge is 0.165 e. The number of rotatable bonds is 9. The molecule has 0 amide bonds. The van der Waals surface area contributed by atoms with Crippen LogP contribution >= 0.6 is 8.58 Å². The molecule has 6 heteroatoms. The maximum absolute atomic E-state index is 9.24. The number of nitrogens with one attached hydrogen (secondary N) is 1. The SMILES string of the molecule is CPc1cnn2c(NCCCCCc3ccccc3C#N)cc(-c3ccccc3C)nc12. The first-order chi connectivity index (χ1) is 15.7. The number of fused-ring (bicyclic) bond motifs is 1. The normalized spacial score (nSPS) is 11.3. The Balaban J connectivity index is 1.44. The van der Waals surface area contributed by atoms with Gasteiger partial charge < -0.3 is 5.32 Å². The zero-order valence-corrected chi connectivity index (χ0v) is 19.6. The van der Waals surface area contributed by atoms with Crippen molar-refractivity contribution in [3.05, 3.63) is 77.5 Å². The van der Waals surface area contributed by atoms with E-state index in [2.05, 4.69) is 66.5 Å². The van der Waals surface area contributed by atoms with Crippen molar-refractivity contribution < 1.29 is 0 Å². The second-order valence-electron chi connectivity index (χ2n) is 7.89. The Labute approximate surface area is 191 Å². The maximum atomic E-state index is 9.24. The number of aryl methyl sites for hydroxylation is 2. The van der Waals surface area contributed by atoms with Gasteiger partial charge in [0, 0.05) is 23.5 Å². The van der Waals surface area contributed by atoms with Gasteiger partial charge in [-0.3, -0.25) is 0 Å². The molecule has 0 aliphatic rings. The molecule has 5 nitrogen and oxygen atoms in total. The molecule has 2 aromatic heterocycles. The molecule has 4 aromatic rings. The van der Waals surface area contributed by atoms with Gasteiger partial charge in [-0.25, -0.2) is 4.98 Å². The van der Waals surface area contributed by atoms with E-state index in [1.54, 1.807) is 0 Å². The van der Waals surface area contributed by atoms with Crippen molar-refractivity contribution in [3.8, 4) is 17.3 Å². The Morgan fingerprint density at radius 3 is 2.69 bits per heavy atom. The highest BCUT2D eigenvalue weighted by Gasteiger charge is 2.13. The molecule has 1 unspecified atom stereocenters. The third kappa shape index (κ3) is 4.82. The summed E-state index contributed by atoms with van der Waals surface area (Å²) in [7, 11) is 0.647. The van der Waals surface area contributed by atoms with Crippen molar-refractivity contribution in [1.82, 2.24) is 14.6 Å².